The lowest BCUT2D eigenvalue weighted by molar-refractivity contribution is 0.247. The Labute approximate surface area is 200 Å². The molecule has 1 aliphatic carbocycles. The molecule has 1 saturated carbocycles. The zero-order valence-electron chi connectivity index (χ0n) is 19.1. The van der Waals surface area contributed by atoms with Crippen molar-refractivity contribution in [2.45, 2.75) is 37.6 Å². The van der Waals surface area contributed by atoms with Crippen molar-refractivity contribution in [1.29, 1.82) is 0 Å². The van der Waals surface area contributed by atoms with E-state index in [2.05, 4.69) is 59.5 Å². The fourth-order valence-corrected chi connectivity index (χ4v) is 4.76. The van der Waals surface area contributed by atoms with Crippen LogP contribution in [0, 0.1) is 25.7 Å². The highest BCUT2D eigenvalue weighted by atomic mass is 32.2. The minimum Gasteiger partial charge on any atom is -0.353 e. The van der Waals surface area contributed by atoms with Gasteiger partial charge in [0, 0.05) is 48.9 Å². The van der Waals surface area contributed by atoms with Crippen LogP contribution in [0.25, 0.3) is 0 Å². The number of rotatable bonds is 5. The predicted octanol–water partition coefficient (Wildman–Crippen LogP) is 4.29. The van der Waals surface area contributed by atoms with Gasteiger partial charge in [-0.05, 0) is 56.8 Å². The fraction of sp³-hybridized carbons (Fsp3) is 0.346. The number of pyridine rings is 1. The number of hydrogen-bond acceptors (Lipinski definition) is 7. The van der Waals surface area contributed by atoms with Gasteiger partial charge in [0.25, 0.3) is 0 Å². The molecule has 168 valence electrons. The molecule has 1 aliphatic heterocycles. The van der Waals surface area contributed by atoms with Crippen molar-refractivity contribution in [1.82, 2.24) is 19.9 Å². The van der Waals surface area contributed by atoms with Gasteiger partial charge in [0.15, 0.2) is 0 Å². The average molecular weight is 457 g/mol. The minimum atomic E-state index is 0.815. The molecule has 1 N–H and O–H groups in total. The first kappa shape index (κ1) is 21.7. The largest absolute Gasteiger partial charge is 0.353 e. The smallest absolute Gasteiger partial charge is 0.148 e. The number of hydrogen-bond donors (Lipinski definition) is 1. The lowest BCUT2D eigenvalue weighted by atomic mass is 10.1. The van der Waals surface area contributed by atoms with Crippen LogP contribution in [0.5, 0.6) is 0 Å². The van der Waals surface area contributed by atoms with Crippen LogP contribution in [-0.4, -0.2) is 52.1 Å². The average Bonchev–Trinajstić information content (AvgIpc) is 3.70. The van der Waals surface area contributed by atoms with E-state index in [-0.39, 0.29) is 0 Å². The van der Waals surface area contributed by atoms with Crippen LogP contribution in [0.1, 0.15) is 35.4 Å². The topological polar surface area (TPSA) is 57.2 Å². The number of aromatic nitrogens is 3. The van der Waals surface area contributed by atoms with E-state index in [9.17, 15) is 0 Å². The second-order valence-electron chi connectivity index (χ2n) is 8.54. The van der Waals surface area contributed by atoms with Crippen LogP contribution in [0.3, 0.4) is 0 Å². The monoisotopic (exact) mass is 456 g/mol. The second kappa shape index (κ2) is 9.82. The van der Waals surface area contributed by atoms with Gasteiger partial charge in [-0.3, -0.25) is 9.88 Å². The van der Waals surface area contributed by atoms with Crippen molar-refractivity contribution in [3.05, 3.63) is 71.4 Å². The Balaban J connectivity index is 1.34. The van der Waals surface area contributed by atoms with E-state index in [4.69, 9.17) is 0 Å². The van der Waals surface area contributed by atoms with Crippen LogP contribution < -0.4 is 9.62 Å². The maximum Gasteiger partial charge on any atom is 0.148 e. The molecular formula is C26H28N6S. The summed E-state index contributed by atoms with van der Waals surface area (Å²) in [7, 11) is 0. The molecule has 2 aromatic heterocycles. The second-order valence-corrected chi connectivity index (χ2v) is 9.42. The highest BCUT2D eigenvalue weighted by Crippen LogP contribution is 2.29. The quantitative estimate of drug-likeness (QED) is 0.454. The summed E-state index contributed by atoms with van der Waals surface area (Å²) in [5.41, 5.74) is 4.59. The Morgan fingerprint density at radius 2 is 1.73 bits per heavy atom. The minimum absolute atomic E-state index is 0.815. The van der Waals surface area contributed by atoms with Gasteiger partial charge in [-0.1, -0.05) is 30.0 Å². The van der Waals surface area contributed by atoms with Gasteiger partial charge in [-0.25, -0.2) is 9.97 Å². The molecule has 5 rings (SSSR count). The van der Waals surface area contributed by atoms with Crippen molar-refractivity contribution >= 4 is 23.5 Å². The van der Waals surface area contributed by atoms with Gasteiger partial charge in [-0.15, -0.1) is 0 Å². The summed E-state index contributed by atoms with van der Waals surface area (Å²) in [6, 6.07) is 13.1. The van der Waals surface area contributed by atoms with E-state index < -0.39 is 0 Å². The summed E-state index contributed by atoms with van der Waals surface area (Å²) in [4.78, 5) is 19.7. The molecule has 1 saturated heterocycles. The Hall–Kier alpha value is -3.08. The Kier molecular flexibility index (Phi) is 6.47. The molecule has 0 radical (unpaired) electrons. The number of anilines is 2. The van der Waals surface area contributed by atoms with E-state index in [0.29, 0.717) is 0 Å². The van der Waals surface area contributed by atoms with E-state index in [1.54, 1.807) is 18.3 Å². The van der Waals surface area contributed by atoms with Crippen LogP contribution in [0.15, 0.2) is 53.8 Å². The van der Waals surface area contributed by atoms with E-state index in [1.807, 2.05) is 38.2 Å². The molecule has 2 fully saturated rings. The first-order valence-electron chi connectivity index (χ1n) is 11.4. The van der Waals surface area contributed by atoms with Gasteiger partial charge in [0.1, 0.15) is 12.1 Å². The molecule has 0 bridgehead atoms. The van der Waals surface area contributed by atoms with Gasteiger partial charge in [0.2, 0.25) is 0 Å². The summed E-state index contributed by atoms with van der Waals surface area (Å²) in [5, 5.41) is 0. The van der Waals surface area contributed by atoms with Crippen molar-refractivity contribution in [3.8, 4) is 11.8 Å². The molecule has 0 unspecified atom stereocenters. The number of benzene rings is 1. The standard InChI is InChI=1S/C26H28N6S/c1-19-24(26(29-18-28-19)32-14-12-31(13-15-32)22-9-10-22)11-8-21-16-25(20(2)27-17-21)30-33-23-6-4-3-5-7-23/h3-7,16-18,22,30H,9-10,12-15H2,1-2H3. The van der Waals surface area contributed by atoms with Crippen molar-refractivity contribution in [2.75, 3.05) is 35.8 Å². The zero-order valence-corrected chi connectivity index (χ0v) is 19.9. The fourth-order valence-electron chi connectivity index (χ4n) is 4.03. The Bertz CT molecular complexity index is 1170. The van der Waals surface area contributed by atoms with Gasteiger partial charge in [-0.2, -0.15) is 0 Å². The molecule has 1 aromatic carbocycles. The first-order valence-corrected chi connectivity index (χ1v) is 12.3. The molecule has 7 heteroatoms. The summed E-state index contributed by atoms with van der Waals surface area (Å²) in [6.07, 6.45) is 6.19. The molecule has 33 heavy (non-hydrogen) atoms. The SMILES string of the molecule is Cc1ncc(C#Cc2c(C)ncnc2N2CCN(C3CC3)CC2)cc1NSc1ccccc1. The zero-order chi connectivity index (χ0) is 22.6. The number of nitrogens with one attached hydrogen (secondary N) is 1. The molecule has 2 aliphatic rings. The Morgan fingerprint density at radius 1 is 0.939 bits per heavy atom. The first-order chi connectivity index (χ1) is 16.2. The lowest BCUT2D eigenvalue weighted by Crippen LogP contribution is -2.47. The van der Waals surface area contributed by atoms with Gasteiger partial charge in [0.05, 0.1) is 22.6 Å². The normalized spacial score (nSPS) is 16.2. The predicted molar refractivity (Wildman–Crippen MR) is 134 cm³/mol. The molecule has 3 heterocycles. The van der Waals surface area contributed by atoms with Crippen LogP contribution in [0.4, 0.5) is 11.5 Å². The third-order valence-corrected chi connectivity index (χ3v) is 6.96. The summed E-state index contributed by atoms with van der Waals surface area (Å²) < 4.78 is 3.41. The summed E-state index contributed by atoms with van der Waals surface area (Å²) >= 11 is 1.57. The third-order valence-electron chi connectivity index (χ3n) is 6.13. The van der Waals surface area contributed by atoms with Crippen LogP contribution in [0.2, 0.25) is 0 Å². The molecule has 0 spiro atoms. The highest BCUT2D eigenvalue weighted by molar-refractivity contribution is 8.00. The van der Waals surface area contributed by atoms with E-state index in [1.165, 1.54) is 12.8 Å². The van der Waals surface area contributed by atoms with Crippen molar-refractivity contribution in [3.63, 3.8) is 0 Å². The summed E-state index contributed by atoms with van der Waals surface area (Å²) in [5.74, 6) is 7.61. The maximum atomic E-state index is 4.62. The Morgan fingerprint density at radius 3 is 2.48 bits per heavy atom. The molecule has 0 amide bonds. The van der Waals surface area contributed by atoms with Gasteiger partial charge >= 0.3 is 0 Å². The van der Waals surface area contributed by atoms with Crippen LogP contribution in [-0.2, 0) is 0 Å². The maximum absolute atomic E-state index is 4.62. The van der Waals surface area contributed by atoms with Crippen LogP contribution >= 0.6 is 11.9 Å². The number of aryl methyl sites for hydroxylation is 2. The molecule has 3 aromatic rings. The van der Waals surface area contributed by atoms with E-state index >= 15 is 0 Å². The highest BCUT2D eigenvalue weighted by Gasteiger charge is 2.31. The third kappa shape index (κ3) is 5.29. The molecule has 6 nitrogen and oxygen atoms in total. The van der Waals surface area contributed by atoms with Crippen molar-refractivity contribution < 1.29 is 0 Å². The summed E-state index contributed by atoms with van der Waals surface area (Å²) in [6.45, 7) is 8.16. The van der Waals surface area contributed by atoms with Crippen molar-refractivity contribution in [2.24, 2.45) is 0 Å². The lowest BCUT2D eigenvalue weighted by Gasteiger charge is -2.36. The molecular weight excluding hydrogens is 428 g/mol. The number of nitrogens with zero attached hydrogens (tertiary/aromatic N) is 5. The van der Waals surface area contributed by atoms with Gasteiger partial charge < -0.3 is 9.62 Å². The number of piperazine rings is 1. The van der Waals surface area contributed by atoms with E-state index in [0.717, 1.165) is 71.1 Å². The molecule has 0 atom stereocenters.